The first kappa shape index (κ1) is 17.9. The monoisotopic (exact) mass is 311 g/mol. The number of aromatic nitrogens is 1. The molecule has 0 radical (unpaired) electrons. The molecule has 0 aliphatic heterocycles. The van der Waals surface area contributed by atoms with Crippen molar-refractivity contribution >= 4 is 18.3 Å². The molecule has 1 aliphatic rings. The molecule has 118 valence electrons. The smallest absolute Gasteiger partial charge is 0.253 e. The van der Waals surface area contributed by atoms with Gasteiger partial charge in [0.2, 0.25) is 0 Å². The highest BCUT2D eigenvalue weighted by Crippen LogP contribution is 2.29. The molecular weight excluding hydrogens is 286 g/mol. The lowest BCUT2D eigenvalue weighted by atomic mass is 9.84. The van der Waals surface area contributed by atoms with Crippen molar-refractivity contribution in [2.75, 3.05) is 7.05 Å². The van der Waals surface area contributed by atoms with Gasteiger partial charge < -0.3 is 10.6 Å². The molecule has 4 nitrogen and oxygen atoms in total. The predicted octanol–water partition coefficient (Wildman–Crippen LogP) is 3.00. The lowest BCUT2D eigenvalue weighted by Gasteiger charge is -2.34. The fourth-order valence-electron chi connectivity index (χ4n) is 3.03. The van der Waals surface area contributed by atoms with E-state index in [-0.39, 0.29) is 18.3 Å². The molecule has 2 N–H and O–H groups in total. The minimum Gasteiger partial charge on any atom is -0.339 e. The van der Waals surface area contributed by atoms with Gasteiger partial charge in [0.05, 0.1) is 5.69 Å². The molecule has 1 fully saturated rings. The zero-order valence-corrected chi connectivity index (χ0v) is 13.7. The zero-order valence-electron chi connectivity index (χ0n) is 12.9. The van der Waals surface area contributed by atoms with E-state index in [9.17, 15) is 4.79 Å². The highest BCUT2D eigenvalue weighted by molar-refractivity contribution is 5.94. The normalized spacial score (nSPS) is 21.5. The molecule has 0 bridgehead atoms. The van der Waals surface area contributed by atoms with Gasteiger partial charge in [0.15, 0.2) is 0 Å². The Kier molecular flexibility index (Phi) is 7.12. The Morgan fingerprint density at radius 3 is 2.62 bits per heavy atom. The molecule has 1 aliphatic carbocycles. The summed E-state index contributed by atoms with van der Waals surface area (Å²) in [6.07, 6.45) is 7.64. The van der Waals surface area contributed by atoms with E-state index < -0.39 is 0 Å². The molecule has 2 rings (SSSR count). The maximum absolute atomic E-state index is 12.5. The Bertz CT molecular complexity index is 459. The molecule has 5 heteroatoms. The van der Waals surface area contributed by atoms with Crippen molar-refractivity contribution < 1.29 is 4.79 Å². The highest BCUT2D eigenvalue weighted by Gasteiger charge is 2.26. The number of rotatable bonds is 4. The highest BCUT2D eigenvalue weighted by atomic mass is 35.5. The summed E-state index contributed by atoms with van der Waals surface area (Å²) in [7, 11) is 1.92. The van der Waals surface area contributed by atoms with Crippen LogP contribution in [0.3, 0.4) is 0 Å². The largest absolute Gasteiger partial charge is 0.339 e. The van der Waals surface area contributed by atoms with Crippen LogP contribution in [0.1, 0.15) is 55.1 Å². The number of halogens is 1. The molecule has 0 atom stereocenters. The maximum Gasteiger partial charge on any atom is 0.253 e. The van der Waals surface area contributed by atoms with Crippen LogP contribution in [0.5, 0.6) is 0 Å². The van der Waals surface area contributed by atoms with Crippen molar-refractivity contribution in [1.82, 2.24) is 9.88 Å². The molecule has 0 saturated heterocycles. The van der Waals surface area contributed by atoms with E-state index in [0.717, 1.165) is 24.5 Å². The van der Waals surface area contributed by atoms with Gasteiger partial charge in [-0.1, -0.05) is 13.3 Å². The van der Waals surface area contributed by atoms with Crippen LogP contribution in [0.25, 0.3) is 0 Å². The topological polar surface area (TPSA) is 59.2 Å². The summed E-state index contributed by atoms with van der Waals surface area (Å²) >= 11 is 0. The summed E-state index contributed by atoms with van der Waals surface area (Å²) in [6.45, 7) is 2.62. The third kappa shape index (κ3) is 4.42. The Morgan fingerprint density at radius 1 is 1.38 bits per heavy atom. The Balaban J connectivity index is 0.00000220. The van der Waals surface area contributed by atoms with E-state index >= 15 is 0 Å². The fraction of sp³-hybridized carbons (Fsp3) is 0.625. The molecule has 1 amide bonds. The van der Waals surface area contributed by atoms with Crippen molar-refractivity contribution in [3.8, 4) is 0 Å². The van der Waals surface area contributed by atoms with Crippen molar-refractivity contribution in [2.24, 2.45) is 11.7 Å². The van der Waals surface area contributed by atoms with Crippen LogP contribution in [0.15, 0.2) is 18.3 Å². The van der Waals surface area contributed by atoms with Gasteiger partial charge in [-0.15, -0.1) is 12.4 Å². The number of nitrogens with two attached hydrogens (primary N) is 1. The van der Waals surface area contributed by atoms with E-state index in [1.54, 1.807) is 18.3 Å². The maximum atomic E-state index is 12.5. The van der Waals surface area contributed by atoms with Crippen LogP contribution < -0.4 is 5.73 Å². The first-order chi connectivity index (χ1) is 9.65. The molecular formula is C16H26ClN3O. The predicted molar refractivity (Wildman–Crippen MR) is 87.5 cm³/mol. The average Bonchev–Trinajstić information content (AvgIpc) is 2.53. The van der Waals surface area contributed by atoms with Crippen LogP contribution in [0, 0.1) is 5.92 Å². The molecule has 0 unspecified atom stereocenters. The number of pyridine rings is 1. The average molecular weight is 312 g/mol. The lowest BCUT2D eigenvalue weighted by molar-refractivity contribution is 0.0674. The first-order valence-corrected chi connectivity index (χ1v) is 7.57. The second-order valence-corrected chi connectivity index (χ2v) is 5.74. The Morgan fingerprint density at radius 2 is 2.05 bits per heavy atom. The summed E-state index contributed by atoms with van der Waals surface area (Å²) < 4.78 is 0. The van der Waals surface area contributed by atoms with E-state index in [1.807, 2.05) is 11.9 Å². The molecule has 0 aromatic carbocycles. The van der Waals surface area contributed by atoms with E-state index in [4.69, 9.17) is 5.73 Å². The molecule has 1 aromatic heterocycles. The van der Waals surface area contributed by atoms with Crippen LogP contribution >= 0.6 is 12.4 Å². The van der Waals surface area contributed by atoms with Crippen LogP contribution in [-0.2, 0) is 6.54 Å². The van der Waals surface area contributed by atoms with Crippen LogP contribution in [-0.4, -0.2) is 28.9 Å². The van der Waals surface area contributed by atoms with Crippen molar-refractivity contribution in [3.05, 3.63) is 29.6 Å². The molecule has 0 spiro atoms. The molecule has 1 heterocycles. The van der Waals surface area contributed by atoms with Crippen molar-refractivity contribution in [3.63, 3.8) is 0 Å². The summed E-state index contributed by atoms with van der Waals surface area (Å²) in [5.41, 5.74) is 7.04. The number of carbonyl (C=O) groups is 1. The fourth-order valence-corrected chi connectivity index (χ4v) is 3.03. The minimum absolute atomic E-state index is 0. The minimum atomic E-state index is 0. The van der Waals surface area contributed by atoms with Gasteiger partial charge in [0.25, 0.3) is 5.91 Å². The number of amides is 1. The van der Waals surface area contributed by atoms with Gasteiger partial charge in [0, 0.05) is 31.4 Å². The molecule has 21 heavy (non-hydrogen) atoms. The van der Waals surface area contributed by atoms with E-state index in [2.05, 4.69) is 11.9 Å². The molecule has 1 aromatic rings. The first-order valence-electron chi connectivity index (χ1n) is 7.57. The van der Waals surface area contributed by atoms with Gasteiger partial charge in [-0.05, 0) is 43.7 Å². The number of nitrogens with zero attached hydrogens (tertiary/aromatic N) is 2. The quantitative estimate of drug-likeness (QED) is 0.930. The van der Waals surface area contributed by atoms with Crippen LogP contribution in [0.2, 0.25) is 0 Å². The number of hydrogen-bond donors (Lipinski definition) is 1. The second-order valence-electron chi connectivity index (χ2n) is 5.74. The van der Waals surface area contributed by atoms with Gasteiger partial charge in [-0.3, -0.25) is 9.78 Å². The Labute approximate surface area is 133 Å². The SMILES string of the molecule is CCC1CCC(N(C)C(=O)c2ccnc(CN)c2)CC1.Cl. The standard InChI is InChI=1S/C16H25N3O.ClH/c1-3-12-4-6-15(7-5-12)19(2)16(20)13-8-9-18-14(10-13)11-17;/h8-10,12,15H,3-7,11,17H2,1-2H3;1H. The summed E-state index contributed by atoms with van der Waals surface area (Å²) in [5.74, 6) is 0.932. The summed E-state index contributed by atoms with van der Waals surface area (Å²) in [4.78, 5) is 18.6. The lowest BCUT2D eigenvalue weighted by Crippen LogP contribution is -2.39. The Hall–Kier alpha value is -1.13. The zero-order chi connectivity index (χ0) is 14.5. The second kappa shape index (κ2) is 8.35. The van der Waals surface area contributed by atoms with Gasteiger partial charge >= 0.3 is 0 Å². The third-order valence-electron chi connectivity index (χ3n) is 4.53. The summed E-state index contributed by atoms with van der Waals surface area (Å²) in [6, 6.07) is 3.95. The van der Waals surface area contributed by atoms with Gasteiger partial charge in [-0.2, -0.15) is 0 Å². The van der Waals surface area contributed by atoms with Crippen LogP contribution in [0.4, 0.5) is 0 Å². The van der Waals surface area contributed by atoms with E-state index in [1.165, 1.54) is 19.3 Å². The summed E-state index contributed by atoms with van der Waals surface area (Å²) in [5, 5.41) is 0. The van der Waals surface area contributed by atoms with Gasteiger partial charge in [-0.25, -0.2) is 0 Å². The van der Waals surface area contributed by atoms with Crippen molar-refractivity contribution in [1.29, 1.82) is 0 Å². The number of carbonyl (C=O) groups excluding carboxylic acids is 1. The number of hydrogen-bond acceptors (Lipinski definition) is 3. The third-order valence-corrected chi connectivity index (χ3v) is 4.53. The van der Waals surface area contributed by atoms with Crippen molar-refractivity contribution in [2.45, 2.75) is 51.6 Å². The molecule has 1 saturated carbocycles. The van der Waals surface area contributed by atoms with E-state index in [0.29, 0.717) is 18.2 Å². The van der Waals surface area contributed by atoms with Gasteiger partial charge in [0.1, 0.15) is 0 Å².